The summed E-state index contributed by atoms with van der Waals surface area (Å²) in [6.07, 6.45) is 5.11. The number of pyridine rings is 1. The van der Waals surface area contributed by atoms with Crippen LogP contribution in [0.5, 0.6) is 0 Å². The minimum absolute atomic E-state index is 0.291. The molecule has 5 heteroatoms. The Bertz CT molecular complexity index is 808. The van der Waals surface area contributed by atoms with Gasteiger partial charge in [-0.05, 0) is 26.0 Å². The molecular weight excluding hydrogens is 290 g/mol. The average Bonchev–Trinajstić information content (AvgIpc) is 3.02. The van der Waals surface area contributed by atoms with Crippen LogP contribution in [0, 0.1) is 6.92 Å². The molecule has 0 amide bonds. The van der Waals surface area contributed by atoms with Gasteiger partial charge in [-0.25, -0.2) is 9.78 Å². The number of hydrogen-bond acceptors (Lipinski definition) is 4. The number of aromatic nitrogens is 3. The van der Waals surface area contributed by atoms with E-state index in [4.69, 9.17) is 4.74 Å². The van der Waals surface area contributed by atoms with Gasteiger partial charge < -0.3 is 4.74 Å². The lowest BCUT2D eigenvalue weighted by atomic mass is 10.1. The molecule has 5 nitrogen and oxygen atoms in total. The number of aryl methyl sites for hydroxylation is 1. The fourth-order valence-corrected chi connectivity index (χ4v) is 2.29. The predicted octanol–water partition coefficient (Wildman–Crippen LogP) is 3.42. The molecule has 0 spiro atoms. The van der Waals surface area contributed by atoms with E-state index in [2.05, 4.69) is 9.97 Å². The van der Waals surface area contributed by atoms with E-state index in [1.807, 2.05) is 47.9 Å². The smallest absolute Gasteiger partial charge is 0.358 e. The Morgan fingerprint density at radius 1 is 1.13 bits per heavy atom. The highest BCUT2D eigenvalue weighted by molar-refractivity contribution is 5.88. The van der Waals surface area contributed by atoms with Crippen molar-refractivity contribution in [1.82, 2.24) is 14.5 Å². The minimum atomic E-state index is -0.423. The number of imidazole rings is 1. The van der Waals surface area contributed by atoms with E-state index < -0.39 is 5.97 Å². The molecule has 0 bridgehead atoms. The van der Waals surface area contributed by atoms with E-state index in [0.29, 0.717) is 18.1 Å². The molecule has 0 saturated heterocycles. The standard InChI is InChI=1S/C18H17N3O2/c1-3-23-18(22)16-12-21(15-8-10-19-11-9-15)17(20-16)14-6-4-13(2)5-7-14/h4-12H,3H2,1-2H3. The fourth-order valence-electron chi connectivity index (χ4n) is 2.29. The molecule has 0 radical (unpaired) electrons. The van der Waals surface area contributed by atoms with Gasteiger partial charge in [-0.3, -0.25) is 9.55 Å². The van der Waals surface area contributed by atoms with Gasteiger partial charge in [0.05, 0.1) is 12.3 Å². The molecule has 116 valence electrons. The summed E-state index contributed by atoms with van der Waals surface area (Å²) in [6.45, 7) is 4.13. The van der Waals surface area contributed by atoms with Gasteiger partial charge in [0, 0.05) is 24.2 Å². The van der Waals surface area contributed by atoms with Gasteiger partial charge in [-0.1, -0.05) is 29.8 Å². The van der Waals surface area contributed by atoms with E-state index in [1.165, 1.54) is 5.56 Å². The number of ether oxygens (including phenoxy) is 1. The molecule has 0 N–H and O–H groups in total. The van der Waals surface area contributed by atoms with Crippen LogP contribution in [0.4, 0.5) is 0 Å². The zero-order valence-electron chi connectivity index (χ0n) is 13.1. The maximum Gasteiger partial charge on any atom is 0.358 e. The molecule has 0 aliphatic rings. The van der Waals surface area contributed by atoms with Crippen LogP contribution < -0.4 is 0 Å². The quantitative estimate of drug-likeness (QED) is 0.693. The predicted molar refractivity (Wildman–Crippen MR) is 87.5 cm³/mol. The molecule has 0 saturated carbocycles. The lowest BCUT2D eigenvalue weighted by molar-refractivity contribution is 0.0520. The number of rotatable bonds is 4. The maximum atomic E-state index is 12.0. The maximum absolute atomic E-state index is 12.0. The summed E-state index contributed by atoms with van der Waals surface area (Å²) < 4.78 is 6.93. The molecule has 0 atom stereocenters. The summed E-state index contributed by atoms with van der Waals surface area (Å²) in [6, 6.07) is 11.8. The van der Waals surface area contributed by atoms with E-state index in [-0.39, 0.29) is 0 Å². The second-order valence-electron chi connectivity index (χ2n) is 5.11. The zero-order chi connectivity index (χ0) is 16.2. The number of esters is 1. The number of carbonyl (C=O) groups is 1. The molecule has 0 fully saturated rings. The molecule has 2 aromatic heterocycles. The van der Waals surface area contributed by atoms with Crippen molar-refractivity contribution < 1.29 is 9.53 Å². The first-order valence-corrected chi connectivity index (χ1v) is 7.43. The van der Waals surface area contributed by atoms with Gasteiger partial charge in [-0.15, -0.1) is 0 Å². The van der Waals surface area contributed by atoms with Crippen LogP contribution in [0.15, 0.2) is 55.0 Å². The third-order valence-electron chi connectivity index (χ3n) is 3.44. The van der Waals surface area contributed by atoms with Gasteiger partial charge in [-0.2, -0.15) is 0 Å². The second-order valence-corrected chi connectivity index (χ2v) is 5.11. The van der Waals surface area contributed by atoms with Crippen LogP contribution in [0.1, 0.15) is 23.0 Å². The third kappa shape index (κ3) is 3.13. The topological polar surface area (TPSA) is 57.0 Å². The number of nitrogens with zero attached hydrogens (tertiary/aromatic N) is 3. The Hall–Kier alpha value is -2.95. The van der Waals surface area contributed by atoms with Crippen LogP contribution in [0.25, 0.3) is 17.1 Å². The van der Waals surface area contributed by atoms with Crippen molar-refractivity contribution in [2.45, 2.75) is 13.8 Å². The number of hydrogen-bond donors (Lipinski definition) is 0. The summed E-state index contributed by atoms with van der Waals surface area (Å²) >= 11 is 0. The van der Waals surface area contributed by atoms with Gasteiger partial charge in [0.2, 0.25) is 0 Å². The first-order chi connectivity index (χ1) is 11.2. The van der Waals surface area contributed by atoms with Crippen molar-refractivity contribution in [2.75, 3.05) is 6.61 Å². The van der Waals surface area contributed by atoms with Crippen molar-refractivity contribution >= 4 is 5.97 Å². The van der Waals surface area contributed by atoms with Crippen molar-refractivity contribution in [2.24, 2.45) is 0 Å². The molecule has 2 heterocycles. The highest BCUT2D eigenvalue weighted by atomic mass is 16.5. The summed E-state index contributed by atoms with van der Waals surface area (Å²) in [5, 5.41) is 0. The summed E-state index contributed by atoms with van der Waals surface area (Å²) in [5.74, 6) is 0.271. The number of benzene rings is 1. The monoisotopic (exact) mass is 307 g/mol. The van der Waals surface area contributed by atoms with E-state index in [9.17, 15) is 4.79 Å². The normalized spacial score (nSPS) is 10.5. The molecule has 1 aromatic carbocycles. The molecule has 23 heavy (non-hydrogen) atoms. The zero-order valence-corrected chi connectivity index (χ0v) is 13.1. The minimum Gasteiger partial charge on any atom is -0.461 e. The highest BCUT2D eigenvalue weighted by Crippen LogP contribution is 2.23. The Labute approximate surface area is 134 Å². The van der Waals surface area contributed by atoms with Crippen LogP contribution in [0.2, 0.25) is 0 Å². The molecule has 3 aromatic rings. The fraction of sp³-hybridized carbons (Fsp3) is 0.167. The SMILES string of the molecule is CCOC(=O)c1cn(-c2ccncc2)c(-c2ccc(C)cc2)n1. The Kier molecular flexibility index (Phi) is 4.19. The average molecular weight is 307 g/mol. The van der Waals surface area contributed by atoms with Crippen LogP contribution in [-0.2, 0) is 4.74 Å². The Morgan fingerprint density at radius 3 is 2.48 bits per heavy atom. The van der Waals surface area contributed by atoms with E-state index in [0.717, 1.165) is 11.3 Å². The number of carbonyl (C=O) groups excluding carboxylic acids is 1. The van der Waals surface area contributed by atoms with E-state index in [1.54, 1.807) is 25.5 Å². The summed E-state index contributed by atoms with van der Waals surface area (Å²) in [7, 11) is 0. The van der Waals surface area contributed by atoms with Crippen molar-refractivity contribution in [3.63, 3.8) is 0 Å². The Balaban J connectivity index is 2.12. The van der Waals surface area contributed by atoms with Gasteiger partial charge >= 0.3 is 5.97 Å². The third-order valence-corrected chi connectivity index (χ3v) is 3.44. The first kappa shape index (κ1) is 15.0. The summed E-state index contributed by atoms with van der Waals surface area (Å²) in [5.41, 5.74) is 3.28. The lowest BCUT2D eigenvalue weighted by Crippen LogP contribution is -2.04. The Morgan fingerprint density at radius 2 is 1.83 bits per heavy atom. The largest absolute Gasteiger partial charge is 0.461 e. The van der Waals surface area contributed by atoms with E-state index >= 15 is 0 Å². The molecule has 0 unspecified atom stereocenters. The van der Waals surface area contributed by atoms with Crippen LogP contribution in [0.3, 0.4) is 0 Å². The van der Waals surface area contributed by atoms with Gasteiger partial charge in [0.25, 0.3) is 0 Å². The molecule has 0 aliphatic heterocycles. The molecular formula is C18H17N3O2. The van der Waals surface area contributed by atoms with Crippen molar-refractivity contribution in [3.8, 4) is 17.1 Å². The van der Waals surface area contributed by atoms with Gasteiger partial charge in [0.15, 0.2) is 5.69 Å². The van der Waals surface area contributed by atoms with Crippen molar-refractivity contribution in [3.05, 3.63) is 66.2 Å². The second kappa shape index (κ2) is 6.44. The molecule has 3 rings (SSSR count). The van der Waals surface area contributed by atoms with Crippen LogP contribution >= 0.6 is 0 Å². The first-order valence-electron chi connectivity index (χ1n) is 7.43. The highest BCUT2D eigenvalue weighted by Gasteiger charge is 2.17. The summed E-state index contributed by atoms with van der Waals surface area (Å²) in [4.78, 5) is 20.5. The van der Waals surface area contributed by atoms with Gasteiger partial charge in [0.1, 0.15) is 5.82 Å². The molecule has 0 aliphatic carbocycles. The van der Waals surface area contributed by atoms with Crippen LogP contribution in [-0.4, -0.2) is 27.1 Å². The van der Waals surface area contributed by atoms with Crippen molar-refractivity contribution in [1.29, 1.82) is 0 Å². The lowest BCUT2D eigenvalue weighted by Gasteiger charge is -2.07.